The minimum Gasteiger partial charge on any atom is -0.391 e. The third kappa shape index (κ3) is 3.92. The van der Waals surface area contributed by atoms with E-state index in [9.17, 15) is 20.0 Å². The second kappa shape index (κ2) is 6.85. The fourth-order valence-corrected chi connectivity index (χ4v) is 1.57. The Morgan fingerprint density at radius 3 is 2.60 bits per heavy atom. The first kappa shape index (κ1) is 15.9. The Balaban J connectivity index is 2.96. The number of carbonyl (C=O) groups is 1. The van der Waals surface area contributed by atoms with Crippen LogP contribution in [0.4, 0.5) is 11.4 Å². The van der Waals surface area contributed by atoms with E-state index < -0.39 is 11.0 Å². The van der Waals surface area contributed by atoms with E-state index in [-0.39, 0.29) is 35.3 Å². The number of amides is 1. The van der Waals surface area contributed by atoms with Crippen molar-refractivity contribution in [2.24, 2.45) is 5.92 Å². The van der Waals surface area contributed by atoms with Gasteiger partial charge in [0, 0.05) is 25.2 Å². The van der Waals surface area contributed by atoms with E-state index in [1.54, 1.807) is 0 Å². The van der Waals surface area contributed by atoms with E-state index in [0.29, 0.717) is 0 Å². The molecule has 0 heterocycles. The molecule has 1 atom stereocenters. The molecule has 0 saturated carbocycles. The SMILES string of the molecule is CNC(=O)c1ccc(NCC(O)C(C)C)c([N+](=O)[O-])c1. The van der Waals surface area contributed by atoms with E-state index in [4.69, 9.17) is 0 Å². The molecule has 0 bridgehead atoms. The molecule has 110 valence electrons. The molecule has 0 spiro atoms. The highest BCUT2D eigenvalue weighted by Crippen LogP contribution is 2.25. The number of nitro benzene ring substituents is 1. The molecule has 7 nitrogen and oxygen atoms in total. The number of aliphatic hydroxyl groups excluding tert-OH is 1. The molecule has 0 saturated heterocycles. The summed E-state index contributed by atoms with van der Waals surface area (Å²) in [4.78, 5) is 21.9. The molecule has 0 aliphatic carbocycles. The largest absolute Gasteiger partial charge is 0.391 e. The molecule has 0 fully saturated rings. The lowest BCUT2D eigenvalue weighted by molar-refractivity contribution is -0.384. The van der Waals surface area contributed by atoms with Gasteiger partial charge >= 0.3 is 0 Å². The van der Waals surface area contributed by atoms with Crippen molar-refractivity contribution in [2.75, 3.05) is 18.9 Å². The van der Waals surface area contributed by atoms with Crippen molar-refractivity contribution < 1.29 is 14.8 Å². The third-order valence-electron chi connectivity index (χ3n) is 2.95. The minimum absolute atomic E-state index is 0.0479. The molecule has 20 heavy (non-hydrogen) atoms. The average molecular weight is 281 g/mol. The van der Waals surface area contributed by atoms with Gasteiger partial charge < -0.3 is 15.7 Å². The molecule has 3 N–H and O–H groups in total. The van der Waals surface area contributed by atoms with Gasteiger partial charge in [0.2, 0.25) is 0 Å². The van der Waals surface area contributed by atoms with Crippen molar-refractivity contribution in [3.05, 3.63) is 33.9 Å². The first-order chi connectivity index (χ1) is 9.36. The van der Waals surface area contributed by atoms with Crippen molar-refractivity contribution in [1.82, 2.24) is 5.32 Å². The number of carbonyl (C=O) groups excluding carboxylic acids is 1. The van der Waals surface area contributed by atoms with E-state index in [0.717, 1.165) is 0 Å². The standard InChI is InChI=1S/C13H19N3O4/c1-8(2)12(17)7-15-10-5-4-9(13(18)14-3)6-11(10)16(19)20/h4-6,8,12,15,17H,7H2,1-3H3,(H,14,18). The number of rotatable bonds is 6. The molecule has 1 aromatic carbocycles. The molecule has 0 aromatic heterocycles. The number of nitrogens with zero attached hydrogens (tertiary/aromatic N) is 1. The number of anilines is 1. The molecule has 1 rings (SSSR count). The Morgan fingerprint density at radius 1 is 1.45 bits per heavy atom. The van der Waals surface area contributed by atoms with Gasteiger partial charge in [-0.15, -0.1) is 0 Å². The number of nitro groups is 1. The summed E-state index contributed by atoms with van der Waals surface area (Å²) >= 11 is 0. The molecule has 0 aliphatic heterocycles. The molecule has 0 aliphatic rings. The molecule has 7 heteroatoms. The van der Waals surface area contributed by atoms with Crippen LogP contribution in [0.3, 0.4) is 0 Å². The molecule has 1 aromatic rings. The molecule has 1 amide bonds. The average Bonchev–Trinajstić information content (AvgIpc) is 2.43. The summed E-state index contributed by atoms with van der Waals surface area (Å²) in [5.41, 5.74) is 0.304. The van der Waals surface area contributed by atoms with Gasteiger partial charge in [0.05, 0.1) is 11.0 Å². The third-order valence-corrected chi connectivity index (χ3v) is 2.95. The topological polar surface area (TPSA) is 104 Å². The zero-order valence-electron chi connectivity index (χ0n) is 11.7. The van der Waals surface area contributed by atoms with Crippen molar-refractivity contribution in [1.29, 1.82) is 0 Å². The normalized spacial score (nSPS) is 12.1. The maximum atomic E-state index is 11.5. The van der Waals surface area contributed by atoms with Crippen LogP contribution < -0.4 is 10.6 Å². The second-order valence-electron chi connectivity index (χ2n) is 4.76. The van der Waals surface area contributed by atoms with Crippen LogP contribution in [0.15, 0.2) is 18.2 Å². The highest BCUT2D eigenvalue weighted by molar-refractivity contribution is 5.95. The second-order valence-corrected chi connectivity index (χ2v) is 4.76. The Labute approximate surface area is 117 Å². The van der Waals surface area contributed by atoms with Crippen LogP contribution in [0.25, 0.3) is 0 Å². The summed E-state index contributed by atoms with van der Waals surface area (Å²) < 4.78 is 0. The van der Waals surface area contributed by atoms with Gasteiger partial charge in [0.25, 0.3) is 11.6 Å². The Bertz CT molecular complexity index is 502. The molecular weight excluding hydrogens is 262 g/mol. The predicted molar refractivity (Wildman–Crippen MR) is 75.8 cm³/mol. The van der Waals surface area contributed by atoms with E-state index in [1.807, 2.05) is 13.8 Å². The van der Waals surface area contributed by atoms with Crippen LogP contribution in [0.2, 0.25) is 0 Å². The number of hydrogen-bond donors (Lipinski definition) is 3. The smallest absolute Gasteiger partial charge is 0.293 e. The van der Waals surface area contributed by atoms with Crippen LogP contribution in [0, 0.1) is 16.0 Å². The Kier molecular flexibility index (Phi) is 5.45. The first-order valence-corrected chi connectivity index (χ1v) is 6.29. The van der Waals surface area contributed by atoms with Crippen LogP contribution in [-0.2, 0) is 0 Å². The van der Waals surface area contributed by atoms with E-state index in [1.165, 1.54) is 25.2 Å². The lowest BCUT2D eigenvalue weighted by atomic mass is 10.1. The highest BCUT2D eigenvalue weighted by atomic mass is 16.6. The zero-order chi connectivity index (χ0) is 15.3. The fourth-order valence-electron chi connectivity index (χ4n) is 1.57. The summed E-state index contributed by atoms with van der Waals surface area (Å²) in [6.07, 6.45) is -0.603. The monoisotopic (exact) mass is 281 g/mol. The number of benzene rings is 1. The summed E-state index contributed by atoms with van der Waals surface area (Å²) in [5.74, 6) is -0.339. The quantitative estimate of drug-likeness (QED) is 0.540. The molecule has 0 radical (unpaired) electrons. The van der Waals surface area contributed by atoms with Gasteiger partial charge in [-0.1, -0.05) is 13.8 Å². The van der Waals surface area contributed by atoms with Gasteiger partial charge in [-0.25, -0.2) is 0 Å². The maximum Gasteiger partial charge on any atom is 0.293 e. The van der Waals surface area contributed by atoms with E-state index in [2.05, 4.69) is 10.6 Å². The van der Waals surface area contributed by atoms with Gasteiger partial charge in [0.15, 0.2) is 0 Å². The van der Waals surface area contributed by atoms with Gasteiger partial charge in [-0.2, -0.15) is 0 Å². The summed E-state index contributed by atoms with van der Waals surface area (Å²) in [6, 6.07) is 4.18. The van der Waals surface area contributed by atoms with Crippen molar-refractivity contribution in [3.8, 4) is 0 Å². The zero-order valence-corrected chi connectivity index (χ0v) is 11.7. The van der Waals surface area contributed by atoms with Crippen LogP contribution in [0.1, 0.15) is 24.2 Å². The van der Waals surface area contributed by atoms with Crippen molar-refractivity contribution in [3.63, 3.8) is 0 Å². The lowest BCUT2D eigenvalue weighted by Crippen LogP contribution is -2.25. The minimum atomic E-state index is -0.603. The van der Waals surface area contributed by atoms with Crippen LogP contribution in [-0.4, -0.2) is 35.6 Å². The van der Waals surface area contributed by atoms with Crippen LogP contribution in [0.5, 0.6) is 0 Å². The van der Waals surface area contributed by atoms with E-state index >= 15 is 0 Å². The van der Waals surface area contributed by atoms with Crippen molar-refractivity contribution in [2.45, 2.75) is 20.0 Å². The summed E-state index contributed by atoms with van der Waals surface area (Å²) in [5, 5.41) is 26.0. The van der Waals surface area contributed by atoms with Gasteiger partial charge in [0.1, 0.15) is 5.69 Å². The predicted octanol–water partition coefficient (Wildman–Crippen LogP) is 1.38. The van der Waals surface area contributed by atoms with Gasteiger partial charge in [-0.05, 0) is 18.1 Å². The number of nitrogens with one attached hydrogen (secondary N) is 2. The lowest BCUT2D eigenvalue weighted by Gasteiger charge is -2.16. The first-order valence-electron chi connectivity index (χ1n) is 6.29. The van der Waals surface area contributed by atoms with Crippen LogP contribution >= 0.6 is 0 Å². The van der Waals surface area contributed by atoms with Gasteiger partial charge in [-0.3, -0.25) is 14.9 Å². The highest BCUT2D eigenvalue weighted by Gasteiger charge is 2.18. The number of hydrogen-bond acceptors (Lipinski definition) is 5. The molecular formula is C13H19N3O4. The molecule has 1 unspecified atom stereocenters. The maximum absolute atomic E-state index is 11.5. The van der Waals surface area contributed by atoms with Crippen molar-refractivity contribution >= 4 is 17.3 Å². The fraction of sp³-hybridized carbons (Fsp3) is 0.462. The number of aliphatic hydroxyl groups is 1. The summed E-state index contributed by atoms with van der Waals surface area (Å²) in [7, 11) is 1.46. The summed E-state index contributed by atoms with van der Waals surface area (Å²) in [6.45, 7) is 3.92. The Hall–Kier alpha value is -2.15. The Morgan fingerprint density at radius 2 is 2.10 bits per heavy atom.